The number of amides is 1. The number of nitrogen functional groups attached to an aromatic ring is 1. The molecule has 0 atom stereocenters. The molecule has 0 unspecified atom stereocenters. The van der Waals surface area contributed by atoms with Crippen molar-refractivity contribution in [1.29, 1.82) is 0 Å². The van der Waals surface area contributed by atoms with Gasteiger partial charge in [-0.1, -0.05) is 0 Å². The van der Waals surface area contributed by atoms with Crippen molar-refractivity contribution in [3.05, 3.63) is 23.8 Å². The highest BCUT2D eigenvalue weighted by Crippen LogP contribution is 2.18. The second-order valence-corrected chi connectivity index (χ2v) is 7.09. The standard InChI is InChI=1S/C14H22N2O4S/c1-16(6-4-3-5-7-17)14(18)11-8-12(15)10-13(9-11)21(2,19)20/h8-10,17H,3-7,15H2,1-2H3. The molecular weight excluding hydrogens is 292 g/mol. The Morgan fingerprint density at radius 1 is 1.24 bits per heavy atom. The number of sulfone groups is 1. The van der Waals surface area contributed by atoms with Gasteiger partial charge in [0.1, 0.15) is 0 Å². The summed E-state index contributed by atoms with van der Waals surface area (Å²) in [5, 5.41) is 8.70. The number of hydrogen-bond acceptors (Lipinski definition) is 5. The first-order chi connectivity index (χ1) is 9.75. The molecule has 118 valence electrons. The van der Waals surface area contributed by atoms with Gasteiger partial charge in [0.05, 0.1) is 4.90 Å². The number of unbranched alkanes of at least 4 members (excludes halogenated alkanes) is 2. The van der Waals surface area contributed by atoms with Crippen LogP contribution in [0.1, 0.15) is 29.6 Å². The highest BCUT2D eigenvalue weighted by Gasteiger charge is 2.16. The number of nitrogens with zero attached hydrogens (tertiary/aromatic N) is 1. The van der Waals surface area contributed by atoms with Crippen LogP contribution in [0.15, 0.2) is 23.1 Å². The van der Waals surface area contributed by atoms with E-state index in [-0.39, 0.29) is 28.7 Å². The van der Waals surface area contributed by atoms with E-state index in [1.54, 1.807) is 7.05 Å². The van der Waals surface area contributed by atoms with E-state index in [4.69, 9.17) is 10.8 Å². The molecule has 7 heteroatoms. The molecule has 0 heterocycles. The van der Waals surface area contributed by atoms with Crippen LogP contribution < -0.4 is 5.73 Å². The third-order valence-corrected chi connectivity index (χ3v) is 4.19. The molecule has 0 aliphatic rings. The molecule has 0 radical (unpaired) electrons. The van der Waals surface area contributed by atoms with Gasteiger partial charge in [-0.25, -0.2) is 8.42 Å². The van der Waals surface area contributed by atoms with Crippen molar-refractivity contribution >= 4 is 21.4 Å². The van der Waals surface area contributed by atoms with E-state index in [9.17, 15) is 13.2 Å². The monoisotopic (exact) mass is 314 g/mol. The van der Waals surface area contributed by atoms with Crippen LogP contribution in [-0.4, -0.2) is 50.8 Å². The molecule has 1 aromatic rings. The van der Waals surface area contributed by atoms with Gasteiger partial charge in [0.2, 0.25) is 0 Å². The molecule has 0 bridgehead atoms. The quantitative estimate of drug-likeness (QED) is 0.575. The number of benzene rings is 1. The van der Waals surface area contributed by atoms with Gasteiger partial charge in [0.25, 0.3) is 5.91 Å². The summed E-state index contributed by atoms with van der Waals surface area (Å²) >= 11 is 0. The number of rotatable bonds is 7. The van der Waals surface area contributed by atoms with Gasteiger partial charge in [0.15, 0.2) is 9.84 Å². The van der Waals surface area contributed by atoms with E-state index in [0.717, 1.165) is 19.1 Å². The zero-order valence-corrected chi connectivity index (χ0v) is 13.2. The van der Waals surface area contributed by atoms with Crippen LogP contribution in [0.4, 0.5) is 5.69 Å². The fourth-order valence-corrected chi connectivity index (χ4v) is 2.61. The lowest BCUT2D eigenvalue weighted by Crippen LogP contribution is -2.28. The molecule has 0 fully saturated rings. The molecule has 0 aromatic heterocycles. The number of anilines is 1. The van der Waals surface area contributed by atoms with Gasteiger partial charge in [-0.2, -0.15) is 0 Å². The van der Waals surface area contributed by atoms with Crippen LogP contribution in [-0.2, 0) is 9.84 Å². The number of carbonyl (C=O) groups excluding carboxylic acids is 1. The minimum absolute atomic E-state index is 0.0412. The Hall–Kier alpha value is -1.60. The van der Waals surface area contributed by atoms with Crippen LogP contribution in [0.5, 0.6) is 0 Å². The molecule has 1 aromatic carbocycles. The molecule has 1 amide bonds. The molecule has 21 heavy (non-hydrogen) atoms. The minimum atomic E-state index is -3.41. The van der Waals surface area contributed by atoms with Gasteiger partial charge in [-0.3, -0.25) is 4.79 Å². The van der Waals surface area contributed by atoms with Gasteiger partial charge < -0.3 is 15.7 Å². The molecular formula is C14H22N2O4S. The van der Waals surface area contributed by atoms with Crippen LogP contribution in [0.2, 0.25) is 0 Å². The molecule has 0 saturated carbocycles. The van der Waals surface area contributed by atoms with Crippen LogP contribution >= 0.6 is 0 Å². The summed E-state index contributed by atoms with van der Waals surface area (Å²) in [5.41, 5.74) is 6.18. The van der Waals surface area contributed by atoms with Crippen molar-refractivity contribution in [3.8, 4) is 0 Å². The third-order valence-electron chi connectivity index (χ3n) is 3.10. The molecule has 3 N–H and O–H groups in total. The van der Waals surface area contributed by atoms with E-state index >= 15 is 0 Å². The lowest BCUT2D eigenvalue weighted by Gasteiger charge is -2.17. The maximum Gasteiger partial charge on any atom is 0.253 e. The predicted octanol–water partition coefficient (Wildman–Crippen LogP) is 0.907. The Balaban J connectivity index is 2.85. The average Bonchev–Trinajstić information content (AvgIpc) is 2.41. The zero-order valence-electron chi connectivity index (χ0n) is 12.4. The normalized spacial score (nSPS) is 11.4. The van der Waals surface area contributed by atoms with Gasteiger partial charge >= 0.3 is 0 Å². The SMILES string of the molecule is CN(CCCCCO)C(=O)c1cc(N)cc(S(C)(=O)=O)c1. The van der Waals surface area contributed by atoms with E-state index in [0.29, 0.717) is 13.0 Å². The summed E-state index contributed by atoms with van der Waals surface area (Å²) in [7, 11) is -1.75. The number of hydrogen-bond donors (Lipinski definition) is 2. The Kier molecular flexibility index (Phi) is 6.17. The maximum absolute atomic E-state index is 12.3. The first-order valence-corrected chi connectivity index (χ1v) is 8.62. The Morgan fingerprint density at radius 2 is 1.90 bits per heavy atom. The summed E-state index contributed by atoms with van der Waals surface area (Å²) in [6.45, 7) is 0.687. The maximum atomic E-state index is 12.3. The first kappa shape index (κ1) is 17.5. The van der Waals surface area contributed by atoms with Crippen molar-refractivity contribution in [2.45, 2.75) is 24.2 Å². The fraction of sp³-hybridized carbons (Fsp3) is 0.500. The number of carbonyl (C=O) groups is 1. The predicted molar refractivity (Wildman–Crippen MR) is 81.9 cm³/mol. The summed E-state index contributed by atoms with van der Waals surface area (Å²) in [5.74, 6) is -0.267. The lowest BCUT2D eigenvalue weighted by atomic mass is 10.1. The topological polar surface area (TPSA) is 101 Å². The molecule has 0 spiro atoms. The van der Waals surface area contributed by atoms with E-state index < -0.39 is 9.84 Å². The van der Waals surface area contributed by atoms with Crippen molar-refractivity contribution in [2.75, 3.05) is 32.2 Å². The minimum Gasteiger partial charge on any atom is -0.399 e. The largest absolute Gasteiger partial charge is 0.399 e. The zero-order chi connectivity index (χ0) is 16.0. The van der Waals surface area contributed by atoms with E-state index in [2.05, 4.69) is 0 Å². The Morgan fingerprint density at radius 3 is 2.48 bits per heavy atom. The van der Waals surface area contributed by atoms with Gasteiger partial charge in [-0.15, -0.1) is 0 Å². The summed E-state index contributed by atoms with van der Waals surface area (Å²) in [6, 6.07) is 4.16. The van der Waals surface area contributed by atoms with Crippen molar-refractivity contribution in [1.82, 2.24) is 4.90 Å². The number of aliphatic hydroxyl groups is 1. The van der Waals surface area contributed by atoms with Crippen LogP contribution in [0.3, 0.4) is 0 Å². The van der Waals surface area contributed by atoms with Crippen molar-refractivity contribution in [3.63, 3.8) is 0 Å². The van der Waals surface area contributed by atoms with E-state index in [1.165, 1.54) is 23.1 Å². The molecule has 0 saturated heterocycles. The average molecular weight is 314 g/mol. The van der Waals surface area contributed by atoms with Crippen molar-refractivity contribution < 1.29 is 18.3 Å². The summed E-state index contributed by atoms with van der Waals surface area (Å²) in [4.78, 5) is 13.8. The van der Waals surface area contributed by atoms with Gasteiger partial charge in [-0.05, 0) is 37.5 Å². The fourth-order valence-electron chi connectivity index (χ4n) is 1.92. The smallest absolute Gasteiger partial charge is 0.253 e. The molecule has 1 rings (SSSR count). The summed E-state index contributed by atoms with van der Waals surface area (Å²) in [6.07, 6.45) is 3.40. The summed E-state index contributed by atoms with van der Waals surface area (Å²) < 4.78 is 23.1. The second kappa shape index (κ2) is 7.42. The third kappa shape index (κ3) is 5.35. The highest BCUT2D eigenvalue weighted by atomic mass is 32.2. The van der Waals surface area contributed by atoms with Crippen LogP contribution in [0.25, 0.3) is 0 Å². The number of nitrogens with two attached hydrogens (primary N) is 1. The van der Waals surface area contributed by atoms with E-state index in [1.807, 2.05) is 0 Å². The van der Waals surface area contributed by atoms with Gasteiger partial charge in [0, 0.05) is 37.7 Å². The second-order valence-electron chi connectivity index (χ2n) is 5.07. The van der Waals surface area contributed by atoms with Crippen molar-refractivity contribution in [2.24, 2.45) is 0 Å². The molecule has 0 aliphatic heterocycles. The highest BCUT2D eigenvalue weighted by molar-refractivity contribution is 7.90. The first-order valence-electron chi connectivity index (χ1n) is 6.72. The molecule has 6 nitrogen and oxygen atoms in total. The Labute approximate surface area is 125 Å². The lowest BCUT2D eigenvalue weighted by molar-refractivity contribution is 0.0792. The number of aliphatic hydroxyl groups excluding tert-OH is 1. The molecule has 0 aliphatic carbocycles. The Bertz CT molecular complexity index is 599. The van der Waals surface area contributed by atoms with Crippen LogP contribution in [0, 0.1) is 0 Å².